The summed E-state index contributed by atoms with van der Waals surface area (Å²) in [4.78, 5) is 14.1. The second-order valence-electron chi connectivity index (χ2n) is 5.21. The summed E-state index contributed by atoms with van der Waals surface area (Å²) < 4.78 is 0. The molecule has 0 saturated carbocycles. The highest BCUT2D eigenvalue weighted by molar-refractivity contribution is 5.97. The summed E-state index contributed by atoms with van der Waals surface area (Å²) in [6.07, 6.45) is 0.910. The molecule has 1 amide bonds. The average Bonchev–Trinajstić information content (AvgIpc) is 2.41. The van der Waals surface area contributed by atoms with E-state index in [1.165, 1.54) is 18.2 Å². The summed E-state index contributed by atoms with van der Waals surface area (Å²) in [7, 11) is 0. The summed E-state index contributed by atoms with van der Waals surface area (Å²) in [5.74, 6) is 0.412. The van der Waals surface area contributed by atoms with Gasteiger partial charge in [0, 0.05) is 13.1 Å². The Morgan fingerprint density at radius 1 is 1.47 bits per heavy atom. The average molecular weight is 264 g/mol. The van der Waals surface area contributed by atoms with Crippen LogP contribution in [-0.2, 0) is 0 Å². The van der Waals surface area contributed by atoms with Gasteiger partial charge in [0.2, 0.25) is 0 Å². The fourth-order valence-electron chi connectivity index (χ4n) is 2.51. The van der Waals surface area contributed by atoms with Gasteiger partial charge in [-0.05, 0) is 43.0 Å². The number of phenols is 2. The van der Waals surface area contributed by atoms with Gasteiger partial charge >= 0.3 is 0 Å². The summed E-state index contributed by atoms with van der Waals surface area (Å²) in [5.41, 5.74) is 5.87. The molecule has 2 atom stereocenters. The Bertz CT molecular complexity index is 476. The third-order valence-corrected chi connectivity index (χ3v) is 3.91. The van der Waals surface area contributed by atoms with Crippen LogP contribution in [0.5, 0.6) is 11.5 Å². The highest BCUT2D eigenvalue weighted by Gasteiger charge is 2.29. The lowest BCUT2D eigenvalue weighted by molar-refractivity contribution is 0.0615. The smallest absolute Gasteiger partial charge is 0.257 e. The van der Waals surface area contributed by atoms with Gasteiger partial charge in [-0.3, -0.25) is 4.79 Å². The van der Waals surface area contributed by atoms with Crippen molar-refractivity contribution in [1.29, 1.82) is 0 Å². The topological polar surface area (TPSA) is 86.8 Å². The molecular formula is C14H20N2O3. The first kappa shape index (κ1) is 13.7. The first-order chi connectivity index (χ1) is 9.02. The van der Waals surface area contributed by atoms with E-state index in [1.807, 2.05) is 0 Å². The molecule has 104 valence electrons. The van der Waals surface area contributed by atoms with Gasteiger partial charge in [-0.1, -0.05) is 6.92 Å². The molecule has 1 aromatic carbocycles. The second-order valence-corrected chi connectivity index (χ2v) is 5.21. The number of hydrogen-bond donors (Lipinski definition) is 3. The van der Waals surface area contributed by atoms with Gasteiger partial charge < -0.3 is 20.8 Å². The minimum absolute atomic E-state index is 0.0260. The fourth-order valence-corrected chi connectivity index (χ4v) is 2.51. The Morgan fingerprint density at radius 2 is 2.21 bits per heavy atom. The monoisotopic (exact) mass is 264 g/mol. The first-order valence-corrected chi connectivity index (χ1v) is 6.54. The lowest BCUT2D eigenvalue weighted by Crippen LogP contribution is -2.45. The van der Waals surface area contributed by atoms with Crippen LogP contribution in [0.3, 0.4) is 0 Å². The molecule has 0 spiro atoms. The SMILES string of the molecule is CC1CCN(C(=O)c2cc(O)ccc2O)CC1CN. The van der Waals surface area contributed by atoms with Crippen molar-refractivity contribution in [1.82, 2.24) is 4.90 Å². The lowest BCUT2D eigenvalue weighted by Gasteiger charge is -2.36. The van der Waals surface area contributed by atoms with E-state index in [2.05, 4.69) is 6.92 Å². The van der Waals surface area contributed by atoms with E-state index in [1.54, 1.807) is 4.90 Å². The zero-order valence-corrected chi connectivity index (χ0v) is 11.0. The number of piperidine rings is 1. The number of hydrogen-bond acceptors (Lipinski definition) is 4. The van der Waals surface area contributed by atoms with Crippen molar-refractivity contribution in [2.24, 2.45) is 17.6 Å². The van der Waals surface area contributed by atoms with Crippen LogP contribution in [0.15, 0.2) is 18.2 Å². The minimum atomic E-state index is -0.251. The zero-order chi connectivity index (χ0) is 14.0. The van der Waals surface area contributed by atoms with E-state index in [4.69, 9.17) is 5.73 Å². The molecule has 2 rings (SSSR count). The van der Waals surface area contributed by atoms with Gasteiger partial charge in [-0.15, -0.1) is 0 Å². The van der Waals surface area contributed by atoms with Gasteiger partial charge in [-0.2, -0.15) is 0 Å². The van der Waals surface area contributed by atoms with Gasteiger partial charge in [0.25, 0.3) is 5.91 Å². The molecule has 1 aliphatic heterocycles. The number of carbonyl (C=O) groups is 1. The number of carbonyl (C=O) groups excluding carboxylic acids is 1. The molecule has 0 aliphatic carbocycles. The van der Waals surface area contributed by atoms with Crippen molar-refractivity contribution in [3.63, 3.8) is 0 Å². The number of nitrogens with two attached hydrogens (primary N) is 1. The van der Waals surface area contributed by atoms with Crippen LogP contribution in [0.25, 0.3) is 0 Å². The molecule has 1 aromatic rings. The maximum absolute atomic E-state index is 12.4. The van der Waals surface area contributed by atoms with Crippen LogP contribution in [0.1, 0.15) is 23.7 Å². The number of amides is 1. The molecule has 0 radical (unpaired) electrons. The summed E-state index contributed by atoms with van der Waals surface area (Å²) in [6, 6.07) is 3.98. The van der Waals surface area contributed by atoms with Gasteiger partial charge in [0.15, 0.2) is 0 Å². The summed E-state index contributed by atoms with van der Waals surface area (Å²) in [5, 5.41) is 19.2. The van der Waals surface area contributed by atoms with Crippen molar-refractivity contribution in [2.75, 3.05) is 19.6 Å². The number of phenolic OH excluding ortho intramolecular Hbond substituents is 2. The van der Waals surface area contributed by atoms with E-state index < -0.39 is 0 Å². The third-order valence-electron chi connectivity index (χ3n) is 3.91. The van der Waals surface area contributed by atoms with Gasteiger partial charge in [0.1, 0.15) is 11.5 Å². The molecule has 5 nitrogen and oxygen atoms in total. The highest BCUT2D eigenvalue weighted by atomic mass is 16.3. The number of likely N-dealkylation sites (tertiary alicyclic amines) is 1. The standard InChI is InChI=1S/C14H20N2O3/c1-9-4-5-16(8-10(9)7-15)14(19)12-6-11(17)2-3-13(12)18/h2-3,6,9-10,17-18H,4-5,7-8,15H2,1H3. The van der Waals surface area contributed by atoms with Gasteiger partial charge in [0.05, 0.1) is 5.56 Å². The Labute approximate surface area is 112 Å². The Balaban J connectivity index is 2.18. The molecule has 0 bridgehead atoms. The lowest BCUT2D eigenvalue weighted by atomic mass is 9.87. The highest BCUT2D eigenvalue weighted by Crippen LogP contribution is 2.27. The van der Waals surface area contributed by atoms with Crippen molar-refractivity contribution in [3.05, 3.63) is 23.8 Å². The van der Waals surface area contributed by atoms with Crippen molar-refractivity contribution < 1.29 is 15.0 Å². The maximum atomic E-state index is 12.4. The van der Waals surface area contributed by atoms with Crippen LogP contribution >= 0.6 is 0 Å². The molecule has 1 saturated heterocycles. The normalized spacial score (nSPS) is 23.4. The molecule has 1 aliphatic rings. The van der Waals surface area contributed by atoms with Gasteiger partial charge in [-0.25, -0.2) is 0 Å². The molecule has 4 N–H and O–H groups in total. The molecule has 2 unspecified atom stereocenters. The molecule has 1 heterocycles. The van der Waals surface area contributed by atoms with Crippen molar-refractivity contribution in [2.45, 2.75) is 13.3 Å². The summed E-state index contributed by atoms with van der Waals surface area (Å²) in [6.45, 7) is 3.96. The Hall–Kier alpha value is -1.75. The molecule has 0 aromatic heterocycles. The summed E-state index contributed by atoms with van der Waals surface area (Å²) >= 11 is 0. The zero-order valence-electron chi connectivity index (χ0n) is 11.0. The van der Waals surface area contributed by atoms with Crippen LogP contribution in [0, 0.1) is 11.8 Å². The maximum Gasteiger partial charge on any atom is 0.257 e. The third kappa shape index (κ3) is 2.81. The van der Waals surface area contributed by atoms with Crippen LogP contribution in [0.2, 0.25) is 0 Å². The second kappa shape index (κ2) is 5.48. The number of benzene rings is 1. The predicted octanol–water partition coefficient (Wildman–Crippen LogP) is 1.15. The van der Waals surface area contributed by atoms with E-state index in [-0.39, 0.29) is 28.9 Å². The molecule has 19 heavy (non-hydrogen) atoms. The minimum Gasteiger partial charge on any atom is -0.508 e. The number of aromatic hydroxyl groups is 2. The van der Waals surface area contributed by atoms with E-state index >= 15 is 0 Å². The Kier molecular flexibility index (Phi) is 3.95. The van der Waals surface area contributed by atoms with Crippen LogP contribution < -0.4 is 5.73 Å². The van der Waals surface area contributed by atoms with Crippen molar-refractivity contribution in [3.8, 4) is 11.5 Å². The Morgan fingerprint density at radius 3 is 2.89 bits per heavy atom. The van der Waals surface area contributed by atoms with E-state index in [0.717, 1.165) is 6.42 Å². The largest absolute Gasteiger partial charge is 0.508 e. The molecular weight excluding hydrogens is 244 g/mol. The molecule has 1 fully saturated rings. The first-order valence-electron chi connectivity index (χ1n) is 6.54. The predicted molar refractivity (Wildman–Crippen MR) is 72.0 cm³/mol. The fraction of sp³-hybridized carbons (Fsp3) is 0.500. The molecule has 5 heteroatoms. The quantitative estimate of drug-likeness (QED) is 0.699. The van der Waals surface area contributed by atoms with Crippen LogP contribution in [0.4, 0.5) is 0 Å². The number of nitrogens with zero attached hydrogens (tertiary/aromatic N) is 1. The van der Waals surface area contributed by atoms with Crippen molar-refractivity contribution >= 4 is 5.91 Å². The number of rotatable bonds is 2. The van der Waals surface area contributed by atoms with E-state index in [0.29, 0.717) is 25.6 Å². The van der Waals surface area contributed by atoms with Crippen LogP contribution in [-0.4, -0.2) is 40.7 Å². The van der Waals surface area contributed by atoms with E-state index in [9.17, 15) is 15.0 Å².